The highest BCUT2D eigenvalue weighted by Gasteiger charge is 2.06. The minimum Gasteiger partial charge on any atom is -0.468 e. The molecule has 0 aliphatic rings. The van der Waals surface area contributed by atoms with E-state index in [-0.39, 0.29) is 5.56 Å². The Hall–Kier alpha value is -2.30. The van der Waals surface area contributed by atoms with Crippen molar-refractivity contribution in [1.29, 1.82) is 0 Å². The largest absolute Gasteiger partial charge is 0.468 e. The van der Waals surface area contributed by atoms with Crippen molar-refractivity contribution in [3.8, 4) is 6.01 Å². The van der Waals surface area contributed by atoms with Crippen LogP contribution >= 0.6 is 0 Å². The van der Waals surface area contributed by atoms with Gasteiger partial charge in [0.2, 0.25) is 0 Å². The Labute approximate surface area is 111 Å². The Balaban J connectivity index is 2.06. The van der Waals surface area contributed by atoms with Gasteiger partial charge >= 0.3 is 0 Å². The van der Waals surface area contributed by atoms with Gasteiger partial charge in [-0.3, -0.25) is 9.36 Å². The molecule has 0 bridgehead atoms. The molecule has 0 saturated carbocycles. The summed E-state index contributed by atoms with van der Waals surface area (Å²) in [6.45, 7) is 2.91. The van der Waals surface area contributed by atoms with Crippen LogP contribution in [0.4, 0.5) is 5.69 Å². The summed E-state index contributed by atoms with van der Waals surface area (Å²) in [6.07, 6.45) is 0. The normalized spacial score (nSPS) is 10.2. The molecule has 0 aliphatic carbocycles. The molecule has 0 aliphatic heterocycles. The fourth-order valence-corrected chi connectivity index (χ4v) is 1.82. The van der Waals surface area contributed by atoms with Crippen molar-refractivity contribution in [2.75, 3.05) is 19.0 Å². The Morgan fingerprint density at radius 2 is 2.05 bits per heavy atom. The second-order valence-electron chi connectivity index (χ2n) is 4.17. The Kier molecular flexibility index (Phi) is 4.18. The molecule has 5 heteroatoms. The van der Waals surface area contributed by atoms with Crippen molar-refractivity contribution >= 4 is 5.69 Å². The summed E-state index contributed by atoms with van der Waals surface area (Å²) in [6, 6.07) is 11.7. The summed E-state index contributed by atoms with van der Waals surface area (Å²) in [5, 5.41) is 3.24. The second kappa shape index (κ2) is 6.04. The van der Waals surface area contributed by atoms with Crippen LogP contribution in [-0.4, -0.2) is 23.2 Å². The summed E-state index contributed by atoms with van der Waals surface area (Å²) in [5.41, 5.74) is 1.59. The van der Waals surface area contributed by atoms with E-state index in [1.807, 2.05) is 30.3 Å². The van der Waals surface area contributed by atoms with Gasteiger partial charge in [0.1, 0.15) is 0 Å². The molecule has 2 aromatic rings. The second-order valence-corrected chi connectivity index (χ2v) is 4.17. The average Bonchev–Trinajstić information content (AvgIpc) is 2.42. The van der Waals surface area contributed by atoms with Gasteiger partial charge in [-0.25, -0.2) is 4.98 Å². The number of aryl methyl sites for hydroxylation is 1. The predicted octanol–water partition coefficient (Wildman–Crippen LogP) is 1.67. The van der Waals surface area contributed by atoms with Crippen LogP contribution in [-0.2, 0) is 6.54 Å². The van der Waals surface area contributed by atoms with Gasteiger partial charge < -0.3 is 10.1 Å². The number of nitrogens with one attached hydrogen (secondary N) is 1. The zero-order valence-electron chi connectivity index (χ0n) is 11.1. The number of para-hydroxylation sites is 1. The van der Waals surface area contributed by atoms with E-state index in [0.717, 1.165) is 5.69 Å². The van der Waals surface area contributed by atoms with E-state index < -0.39 is 0 Å². The molecule has 0 fully saturated rings. The van der Waals surface area contributed by atoms with E-state index >= 15 is 0 Å². The standard InChI is InChI=1S/C14H17N3O2/c1-11-10-13(18)17(14(16-11)19-2)9-8-15-12-6-4-3-5-7-12/h3-7,10,15H,8-9H2,1-2H3. The fourth-order valence-electron chi connectivity index (χ4n) is 1.82. The van der Waals surface area contributed by atoms with Crippen molar-refractivity contribution in [1.82, 2.24) is 9.55 Å². The maximum Gasteiger partial charge on any atom is 0.299 e. The first-order valence-corrected chi connectivity index (χ1v) is 6.12. The minimum atomic E-state index is -0.0980. The lowest BCUT2D eigenvalue weighted by Crippen LogP contribution is -2.25. The molecule has 1 aromatic heterocycles. The molecule has 100 valence electrons. The third kappa shape index (κ3) is 3.34. The third-order valence-electron chi connectivity index (χ3n) is 2.72. The van der Waals surface area contributed by atoms with Crippen LogP contribution in [0, 0.1) is 6.92 Å². The van der Waals surface area contributed by atoms with Gasteiger partial charge in [-0.2, -0.15) is 0 Å². The number of hydrogen-bond acceptors (Lipinski definition) is 4. The van der Waals surface area contributed by atoms with E-state index in [1.54, 1.807) is 6.92 Å². The van der Waals surface area contributed by atoms with E-state index in [0.29, 0.717) is 24.8 Å². The molecule has 0 atom stereocenters. The molecule has 19 heavy (non-hydrogen) atoms. The highest BCUT2D eigenvalue weighted by Crippen LogP contribution is 2.06. The van der Waals surface area contributed by atoms with Crippen molar-refractivity contribution in [2.24, 2.45) is 0 Å². The highest BCUT2D eigenvalue weighted by molar-refractivity contribution is 5.42. The lowest BCUT2D eigenvalue weighted by molar-refractivity contribution is 0.346. The summed E-state index contributed by atoms with van der Waals surface area (Å²) in [7, 11) is 1.52. The molecule has 0 radical (unpaired) electrons. The monoisotopic (exact) mass is 259 g/mol. The molecule has 2 rings (SSSR count). The number of methoxy groups -OCH3 is 1. The zero-order chi connectivity index (χ0) is 13.7. The number of anilines is 1. The zero-order valence-corrected chi connectivity index (χ0v) is 11.1. The first-order valence-electron chi connectivity index (χ1n) is 6.12. The molecule has 0 spiro atoms. The molecule has 1 aromatic carbocycles. The number of hydrogen-bond donors (Lipinski definition) is 1. The molecular formula is C14H17N3O2. The van der Waals surface area contributed by atoms with E-state index in [9.17, 15) is 4.79 Å². The fraction of sp³-hybridized carbons (Fsp3) is 0.286. The Morgan fingerprint density at radius 1 is 1.32 bits per heavy atom. The summed E-state index contributed by atoms with van der Waals surface area (Å²) in [5.74, 6) is 0. The molecule has 0 saturated heterocycles. The molecule has 0 amide bonds. The molecule has 1 heterocycles. The first kappa shape index (κ1) is 13.1. The van der Waals surface area contributed by atoms with Gasteiger partial charge in [0.15, 0.2) is 0 Å². The van der Waals surface area contributed by atoms with Crippen LogP contribution in [0.5, 0.6) is 6.01 Å². The smallest absolute Gasteiger partial charge is 0.299 e. The van der Waals surface area contributed by atoms with Crippen LogP contribution in [0.1, 0.15) is 5.69 Å². The number of ether oxygens (including phenoxy) is 1. The number of rotatable bonds is 5. The number of nitrogens with zero attached hydrogens (tertiary/aromatic N) is 2. The lowest BCUT2D eigenvalue weighted by Gasteiger charge is -2.12. The average molecular weight is 259 g/mol. The summed E-state index contributed by atoms with van der Waals surface area (Å²) >= 11 is 0. The predicted molar refractivity (Wildman–Crippen MR) is 74.7 cm³/mol. The first-order chi connectivity index (χ1) is 9.20. The lowest BCUT2D eigenvalue weighted by atomic mass is 10.3. The van der Waals surface area contributed by atoms with Crippen molar-refractivity contribution in [3.63, 3.8) is 0 Å². The van der Waals surface area contributed by atoms with Gasteiger partial charge in [0.05, 0.1) is 7.11 Å². The van der Waals surface area contributed by atoms with Crippen LogP contribution < -0.4 is 15.6 Å². The van der Waals surface area contributed by atoms with Gasteiger partial charge in [-0.1, -0.05) is 18.2 Å². The van der Waals surface area contributed by atoms with E-state index in [4.69, 9.17) is 4.74 Å². The Morgan fingerprint density at radius 3 is 2.74 bits per heavy atom. The topological polar surface area (TPSA) is 56.1 Å². The van der Waals surface area contributed by atoms with E-state index in [1.165, 1.54) is 17.7 Å². The third-order valence-corrected chi connectivity index (χ3v) is 2.72. The van der Waals surface area contributed by atoms with Crippen LogP contribution in [0.2, 0.25) is 0 Å². The molecule has 1 N–H and O–H groups in total. The maximum absolute atomic E-state index is 11.9. The molecule has 0 unspecified atom stereocenters. The number of benzene rings is 1. The van der Waals surface area contributed by atoms with Crippen molar-refractivity contribution in [3.05, 3.63) is 52.4 Å². The van der Waals surface area contributed by atoms with E-state index in [2.05, 4.69) is 10.3 Å². The van der Waals surface area contributed by atoms with Crippen molar-refractivity contribution < 1.29 is 4.74 Å². The summed E-state index contributed by atoms with van der Waals surface area (Å²) < 4.78 is 6.65. The van der Waals surface area contributed by atoms with Gasteiger partial charge in [0.25, 0.3) is 11.6 Å². The van der Waals surface area contributed by atoms with Gasteiger partial charge in [-0.15, -0.1) is 0 Å². The quantitative estimate of drug-likeness (QED) is 0.887. The molecule has 5 nitrogen and oxygen atoms in total. The molecular weight excluding hydrogens is 242 g/mol. The van der Waals surface area contributed by atoms with Gasteiger partial charge in [0, 0.05) is 30.5 Å². The number of aromatic nitrogens is 2. The van der Waals surface area contributed by atoms with Crippen LogP contribution in [0.15, 0.2) is 41.2 Å². The SMILES string of the molecule is COc1nc(C)cc(=O)n1CCNc1ccccc1. The van der Waals surface area contributed by atoms with Gasteiger partial charge in [-0.05, 0) is 19.1 Å². The highest BCUT2D eigenvalue weighted by atomic mass is 16.5. The Bertz CT molecular complexity index is 593. The van der Waals surface area contributed by atoms with Crippen molar-refractivity contribution in [2.45, 2.75) is 13.5 Å². The summed E-state index contributed by atoms with van der Waals surface area (Å²) in [4.78, 5) is 16.1. The maximum atomic E-state index is 11.9. The van der Waals surface area contributed by atoms with Crippen LogP contribution in [0.25, 0.3) is 0 Å². The minimum absolute atomic E-state index is 0.0980. The van der Waals surface area contributed by atoms with Crippen LogP contribution in [0.3, 0.4) is 0 Å².